The van der Waals surface area contributed by atoms with Crippen LogP contribution < -0.4 is 5.73 Å². The van der Waals surface area contributed by atoms with Gasteiger partial charge in [-0.3, -0.25) is 4.79 Å². The highest BCUT2D eigenvalue weighted by Gasteiger charge is 2.23. The Kier molecular flexibility index (Phi) is 3.61. The van der Waals surface area contributed by atoms with Crippen LogP contribution in [0.15, 0.2) is 18.5 Å². The molecule has 1 atom stereocenters. The van der Waals surface area contributed by atoms with E-state index in [-0.39, 0.29) is 18.4 Å². The van der Waals surface area contributed by atoms with Gasteiger partial charge in [-0.1, -0.05) is 0 Å². The number of aromatic nitrogens is 3. The number of nitrogens with zero attached hydrogens (tertiary/aromatic N) is 3. The van der Waals surface area contributed by atoms with Gasteiger partial charge in [0.05, 0.1) is 24.6 Å². The second-order valence-electron chi connectivity index (χ2n) is 5.16. The van der Waals surface area contributed by atoms with Crippen LogP contribution in [0.2, 0.25) is 0 Å². The van der Waals surface area contributed by atoms with Crippen molar-refractivity contribution in [1.29, 1.82) is 0 Å². The lowest BCUT2D eigenvalue weighted by Gasteiger charge is -2.24. The van der Waals surface area contributed by atoms with Gasteiger partial charge >= 0.3 is 6.55 Å². The molecule has 0 spiro atoms. The number of halogens is 2. The van der Waals surface area contributed by atoms with Crippen LogP contribution in [0.3, 0.4) is 0 Å². The minimum Gasteiger partial charge on any atom is -0.372 e. The van der Waals surface area contributed by atoms with Crippen molar-refractivity contribution in [2.75, 3.05) is 0 Å². The van der Waals surface area contributed by atoms with Gasteiger partial charge in [-0.05, 0) is 24.1 Å². The molecule has 0 saturated heterocycles. The SMILES string of the molecule is C[C@H]1Cc2c(-c3cnn(C(F)F)c3)cc(C(N)=O)nc2CO1. The Hall–Kier alpha value is -2.35. The number of amides is 1. The number of primary amides is 1. The maximum absolute atomic E-state index is 12.7. The summed E-state index contributed by atoms with van der Waals surface area (Å²) in [5.41, 5.74) is 7.99. The molecule has 0 unspecified atom stereocenters. The third kappa shape index (κ3) is 2.57. The maximum Gasteiger partial charge on any atom is 0.333 e. The molecule has 22 heavy (non-hydrogen) atoms. The highest BCUT2D eigenvalue weighted by Crippen LogP contribution is 2.31. The highest BCUT2D eigenvalue weighted by atomic mass is 19.3. The topological polar surface area (TPSA) is 83.0 Å². The molecule has 3 rings (SSSR count). The largest absolute Gasteiger partial charge is 0.372 e. The van der Waals surface area contributed by atoms with Crippen molar-refractivity contribution in [3.63, 3.8) is 0 Å². The van der Waals surface area contributed by atoms with Crippen LogP contribution in [0.1, 0.15) is 35.2 Å². The smallest absolute Gasteiger partial charge is 0.333 e. The first-order valence-corrected chi connectivity index (χ1v) is 6.72. The number of pyridine rings is 1. The van der Waals surface area contributed by atoms with E-state index in [1.807, 2.05) is 6.92 Å². The summed E-state index contributed by atoms with van der Waals surface area (Å²) >= 11 is 0. The first-order valence-electron chi connectivity index (χ1n) is 6.72. The minimum absolute atomic E-state index is 0.0161. The van der Waals surface area contributed by atoms with Crippen molar-refractivity contribution in [2.45, 2.75) is 32.6 Å². The molecule has 116 valence electrons. The second-order valence-corrected chi connectivity index (χ2v) is 5.16. The standard InChI is InChI=1S/C14H14F2N4O2/c1-7-2-10-9(8-4-18-20(5-8)14(15)16)3-11(13(17)21)19-12(10)6-22-7/h3-5,7,14H,2,6H2,1H3,(H2,17,21)/t7-/m0/s1. The molecule has 1 aliphatic heterocycles. The molecule has 1 aliphatic rings. The summed E-state index contributed by atoms with van der Waals surface area (Å²) in [7, 11) is 0. The van der Waals surface area contributed by atoms with E-state index in [2.05, 4.69) is 10.1 Å². The first kappa shape index (κ1) is 14.6. The Morgan fingerprint density at radius 1 is 1.55 bits per heavy atom. The molecular weight excluding hydrogens is 294 g/mol. The monoisotopic (exact) mass is 308 g/mol. The number of hydrogen-bond donors (Lipinski definition) is 1. The van der Waals surface area contributed by atoms with E-state index in [1.54, 1.807) is 0 Å². The predicted molar refractivity (Wildman–Crippen MR) is 73.2 cm³/mol. The van der Waals surface area contributed by atoms with Crippen LogP contribution in [0.5, 0.6) is 0 Å². The summed E-state index contributed by atoms with van der Waals surface area (Å²) in [5, 5.41) is 3.63. The fourth-order valence-electron chi connectivity index (χ4n) is 2.51. The van der Waals surface area contributed by atoms with Crippen LogP contribution in [0.25, 0.3) is 11.1 Å². The second kappa shape index (κ2) is 5.45. The summed E-state index contributed by atoms with van der Waals surface area (Å²) in [4.78, 5) is 15.6. The van der Waals surface area contributed by atoms with Gasteiger partial charge in [0.2, 0.25) is 0 Å². The van der Waals surface area contributed by atoms with Gasteiger partial charge in [-0.25, -0.2) is 9.67 Å². The van der Waals surface area contributed by atoms with Crippen molar-refractivity contribution in [3.05, 3.63) is 35.4 Å². The van der Waals surface area contributed by atoms with E-state index >= 15 is 0 Å². The third-order valence-electron chi connectivity index (χ3n) is 3.57. The number of alkyl halides is 2. The normalized spacial score (nSPS) is 17.5. The summed E-state index contributed by atoms with van der Waals surface area (Å²) in [5.74, 6) is -0.677. The van der Waals surface area contributed by atoms with E-state index in [0.29, 0.717) is 27.9 Å². The van der Waals surface area contributed by atoms with Gasteiger partial charge in [0, 0.05) is 18.2 Å². The van der Waals surface area contributed by atoms with Crippen molar-refractivity contribution in [3.8, 4) is 11.1 Å². The van der Waals surface area contributed by atoms with Crippen molar-refractivity contribution in [1.82, 2.24) is 14.8 Å². The predicted octanol–water partition coefficient (Wildman–Crippen LogP) is 1.90. The third-order valence-corrected chi connectivity index (χ3v) is 3.57. The van der Waals surface area contributed by atoms with Crippen molar-refractivity contribution in [2.24, 2.45) is 5.73 Å². The summed E-state index contributed by atoms with van der Waals surface area (Å²) in [6, 6.07) is 1.52. The zero-order valence-corrected chi connectivity index (χ0v) is 11.8. The molecular formula is C14H14F2N4O2. The summed E-state index contributed by atoms with van der Waals surface area (Å²) < 4.78 is 31.5. The number of fused-ring (bicyclic) bond motifs is 1. The fraction of sp³-hybridized carbons (Fsp3) is 0.357. The number of carbonyl (C=O) groups excluding carboxylic acids is 1. The Labute approximate surface area is 124 Å². The molecule has 6 nitrogen and oxygen atoms in total. The quantitative estimate of drug-likeness (QED) is 0.938. The van der Waals surface area contributed by atoms with E-state index < -0.39 is 12.5 Å². The van der Waals surface area contributed by atoms with E-state index in [9.17, 15) is 13.6 Å². The molecule has 2 N–H and O–H groups in total. The molecule has 0 fully saturated rings. The van der Waals surface area contributed by atoms with E-state index in [4.69, 9.17) is 10.5 Å². The number of nitrogens with two attached hydrogens (primary N) is 1. The van der Waals surface area contributed by atoms with Gasteiger partial charge in [-0.2, -0.15) is 13.9 Å². The van der Waals surface area contributed by atoms with Gasteiger partial charge in [-0.15, -0.1) is 0 Å². The highest BCUT2D eigenvalue weighted by molar-refractivity contribution is 5.92. The maximum atomic E-state index is 12.7. The molecule has 2 aromatic heterocycles. The number of rotatable bonds is 3. The zero-order chi connectivity index (χ0) is 15.9. The zero-order valence-electron chi connectivity index (χ0n) is 11.8. The van der Waals surface area contributed by atoms with Crippen LogP contribution in [0, 0.1) is 0 Å². The molecule has 0 aromatic carbocycles. The molecule has 0 radical (unpaired) electrons. The Morgan fingerprint density at radius 2 is 2.32 bits per heavy atom. The molecule has 1 amide bonds. The van der Waals surface area contributed by atoms with Crippen LogP contribution in [-0.2, 0) is 17.8 Å². The average molecular weight is 308 g/mol. The van der Waals surface area contributed by atoms with Crippen LogP contribution in [0.4, 0.5) is 8.78 Å². The van der Waals surface area contributed by atoms with E-state index in [0.717, 1.165) is 5.56 Å². The molecule has 0 aliphatic carbocycles. The lowest BCUT2D eigenvalue weighted by atomic mass is 9.94. The Bertz CT molecular complexity index is 730. The van der Waals surface area contributed by atoms with Crippen molar-refractivity contribution >= 4 is 5.91 Å². The molecule has 2 aromatic rings. The summed E-state index contributed by atoms with van der Waals surface area (Å²) in [6.07, 6.45) is 3.15. The van der Waals surface area contributed by atoms with E-state index in [1.165, 1.54) is 18.5 Å². The van der Waals surface area contributed by atoms with Gasteiger partial charge < -0.3 is 10.5 Å². The molecule has 3 heterocycles. The average Bonchev–Trinajstić information content (AvgIpc) is 2.95. The number of ether oxygens (including phenoxy) is 1. The lowest BCUT2D eigenvalue weighted by molar-refractivity contribution is 0.0385. The number of carbonyl (C=O) groups is 1. The Morgan fingerprint density at radius 3 is 2.95 bits per heavy atom. The van der Waals surface area contributed by atoms with Crippen LogP contribution >= 0.6 is 0 Å². The van der Waals surface area contributed by atoms with Gasteiger partial charge in [0.1, 0.15) is 5.69 Å². The minimum atomic E-state index is -2.72. The van der Waals surface area contributed by atoms with Crippen molar-refractivity contribution < 1.29 is 18.3 Å². The summed E-state index contributed by atoms with van der Waals surface area (Å²) in [6.45, 7) is -0.547. The Balaban J connectivity index is 2.15. The molecule has 8 heteroatoms. The number of hydrogen-bond acceptors (Lipinski definition) is 4. The fourth-order valence-corrected chi connectivity index (χ4v) is 2.51. The first-order chi connectivity index (χ1) is 10.5. The van der Waals surface area contributed by atoms with Gasteiger partial charge in [0.15, 0.2) is 0 Å². The molecule has 0 bridgehead atoms. The van der Waals surface area contributed by atoms with Crippen LogP contribution in [-0.4, -0.2) is 26.8 Å². The van der Waals surface area contributed by atoms with Gasteiger partial charge in [0.25, 0.3) is 5.91 Å². The lowest BCUT2D eigenvalue weighted by Crippen LogP contribution is -2.23. The molecule has 0 saturated carbocycles.